The first-order valence-electron chi connectivity index (χ1n) is 4.81. The first kappa shape index (κ1) is 23.3. The fourth-order valence-corrected chi connectivity index (χ4v) is 0.578. The van der Waals surface area contributed by atoms with Gasteiger partial charge in [0.25, 0.3) is 0 Å². The molecule has 0 spiro atoms. The van der Waals surface area contributed by atoms with Crippen molar-refractivity contribution in [3.05, 3.63) is 30.3 Å². The summed E-state index contributed by atoms with van der Waals surface area (Å²) in [7, 11) is 0.833. The van der Waals surface area contributed by atoms with Crippen LogP contribution in [0.15, 0.2) is 35.2 Å². The van der Waals surface area contributed by atoms with Crippen LogP contribution in [0, 0.1) is 31.1 Å². The normalized spacial score (nSPS) is 9.33. The van der Waals surface area contributed by atoms with Crippen molar-refractivity contribution >= 4 is 12.6 Å². The van der Waals surface area contributed by atoms with Gasteiger partial charge in [-0.15, -0.1) is 0 Å². The Kier molecular flexibility index (Phi) is 17.7. The van der Waals surface area contributed by atoms with Gasteiger partial charge < -0.3 is 22.5 Å². The number of nitrogens with two attached hydrogens (primary N) is 1. The number of hydrogen-bond acceptors (Lipinski definition) is 4. The molecule has 1 aromatic rings. The summed E-state index contributed by atoms with van der Waals surface area (Å²) in [5.41, 5.74) is 3.98. The topological polar surface area (TPSA) is 55.5 Å². The summed E-state index contributed by atoms with van der Waals surface area (Å²) in [5, 5.41) is 8.06. The molecule has 0 atom stereocenters. The van der Waals surface area contributed by atoms with Crippen LogP contribution in [-0.2, 0) is 17.4 Å². The van der Waals surface area contributed by atoms with Gasteiger partial charge in [-0.3, -0.25) is 0 Å². The summed E-state index contributed by atoms with van der Waals surface area (Å²) >= 11 is 4.81. The Labute approximate surface area is 136 Å². The Morgan fingerprint density at radius 1 is 1.28 bits per heavy atom. The van der Waals surface area contributed by atoms with Crippen LogP contribution in [0.5, 0.6) is 0 Å². The second-order valence-corrected chi connectivity index (χ2v) is 3.64. The van der Waals surface area contributed by atoms with Crippen LogP contribution in [0.1, 0.15) is 13.8 Å². The SMILES string of the molecule is CC(C)O.COC(N)(F)F.[S-]c1ccccc1.[U]. The van der Waals surface area contributed by atoms with E-state index in [4.69, 9.17) is 17.7 Å². The molecule has 104 valence electrons. The quantitative estimate of drug-likeness (QED) is 0.350. The van der Waals surface area contributed by atoms with Gasteiger partial charge in [-0.2, -0.15) is 13.7 Å². The van der Waals surface area contributed by atoms with Crippen molar-refractivity contribution < 1.29 is 49.7 Å². The van der Waals surface area contributed by atoms with Crippen LogP contribution in [0.3, 0.4) is 0 Å². The number of ether oxygens (including phenoxy) is 1. The monoisotopic (exact) mass is 504 g/mol. The molecule has 0 aliphatic rings. The molecule has 3 N–H and O–H groups in total. The van der Waals surface area contributed by atoms with E-state index in [1.807, 2.05) is 30.3 Å². The number of hydrogen-bond donors (Lipinski definition) is 2. The van der Waals surface area contributed by atoms with Crippen molar-refractivity contribution in [3.8, 4) is 0 Å². The molecule has 0 amide bonds. The second-order valence-electron chi connectivity index (χ2n) is 3.17. The number of aliphatic hydroxyl groups excluding tert-OH is 1. The fourth-order valence-electron chi connectivity index (χ4n) is 0.420. The van der Waals surface area contributed by atoms with Crippen LogP contribution < -0.4 is 5.73 Å². The molecule has 0 unspecified atom stereocenters. The van der Waals surface area contributed by atoms with E-state index < -0.39 is 6.23 Å². The molecule has 7 heteroatoms. The van der Waals surface area contributed by atoms with Gasteiger partial charge in [0, 0.05) is 44.3 Å². The van der Waals surface area contributed by atoms with Gasteiger partial charge in [0.2, 0.25) is 0 Å². The summed E-state index contributed by atoms with van der Waals surface area (Å²) in [6.45, 7) is 3.44. The smallest absolute Gasteiger partial charge is 0.419 e. The van der Waals surface area contributed by atoms with Crippen molar-refractivity contribution in [3.63, 3.8) is 0 Å². The van der Waals surface area contributed by atoms with Crippen molar-refractivity contribution in [1.29, 1.82) is 0 Å². The third kappa shape index (κ3) is 29.9. The number of alkyl halides is 2. The number of aliphatic hydroxyl groups is 1. The van der Waals surface area contributed by atoms with E-state index >= 15 is 0 Å². The van der Waals surface area contributed by atoms with E-state index in [0.717, 1.165) is 12.0 Å². The molecule has 0 bridgehead atoms. The van der Waals surface area contributed by atoms with Gasteiger partial charge in [-0.1, -0.05) is 30.3 Å². The zero-order valence-corrected chi connectivity index (χ0v) is 15.5. The van der Waals surface area contributed by atoms with Gasteiger partial charge in [-0.25, -0.2) is 5.73 Å². The Morgan fingerprint density at radius 2 is 1.56 bits per heavy atom. The third-order valence-electron chi connectivity index (χ3n) is 1.02. The standard InChI is InChI=1S/C6H6S.C3H8O.C2H5F2NO.U/c7-6-4-2-1-3-5-6;1-3(2)4;1-6-2(3,4)5;/h1-5,7H;3-4H,1-2H3;5H2,1H3;/p-1. The third-order valence-corrected chi connectivity index (χ3v) is 1.29. The van der Waals surface area contributed by atoms with E-state index in [1.165, 1.54) is 0 Å². The first-order chi connectivity index (χ1) is 7.69. The molecule has 1 aromatic carbocycles. The number of benzene rings is 1. The molecule has 1 rings (SSSR count). The van der Waals surface area contributed by atoms with Crippen molar-refractivity contribution in [1.82, 2.24) is 0 Å². The van der Waals surface area contributed by atoms with Gasteiger partial charge in [0.15, 0.2) is 0 Å². The largest absolute Gasteiger partial charge is 0.780 e. The van der Waals surface area contributed by atoms with E-state index in [2.05, 4.69) is 10.5 Å². The van der Waals surface area contributed by atoms with Crippen LogP contribution in [0.4, 0.5) is 8.78 Å². The van der Waals surface area contributed by atoms with E-state index in [-0.39, 0.29) is 37.2 Å². The zero-order chi connectivity index (χ0) is 13.9. The molecule has 0 heterocycles. The summed E-state index contributed by atoms with van der Waals surface area (Å²) < 4.78 is 25.4. The summed E-state index contributed by atoms with van der Waals surface area (Å²) in [4.78, 5) is 0.905. The second kappa shape index (κ2) is 13.7. The van der Waals surface area contributed by atoms with Gasteiger partial charge in [-0.05, 0) is 13.8 Å². The predicted molar refractivity (Wildman–Crippen MR) is 65.6 cm³/mol. The molecule has 0 saturated carbocycles. The molecule has 18 heavy (non-hydrogen) atoms. The zero-order valence-electron chi connectivity index (χ0n) is 10.6. The van der Waals surface area contributed by atoms with Crippen molar-refractivity contribution in [2.75, 3.05) is 7.11 Å². The average Bonchev–Trinajstić information content (AvgIpc) is 2.18. The van der Waals surface area contributed by atoms with Crippen LogP contribution in [0.25, 0.3) is 0 Å². The summed E-state index contributed by atoms with van der Waals surface area (Å²) in [5.74, 6) is 0. The van der Waals surface area contributed by atoms with Crippen LogP contribution in [-0.4, -0.2) is 24.6 Å². The van der Waals surface area contributed by atoms with Crippen LogP contribution >= 0.6 is 0 Å². The van der Waals surface area contributed by atoms with Gasteiger partial charge in [0.1, 0.15) is 0 Å². The maximum atomic E-state index is 11.0. The average molecular weight is 504 g/mol. The van der Waals surface area contributed by atoms with Crippen LogP contribution in [0.2, 0.25) is 0 Å². The molecular formula is C11H18F2NO2SU-. The Hall–Kier alpha value is 0.232. The molecular weight excluding hydrogens is 486 g/mol. The maximum absolute atomic E-state index is 11.0. The Balaban J connectivity index is -0.000000190. The minimum absolute atomic E-state index is 0. The molecule has 0 aliphatic carbocycles. The molecule has 3 nitrogen and oxygen atoms in total. The number of methoxy groups -OCH3 is 1. The summed E-state index contributed by atoms with van der Waals surface area (Å²) in [6.07, 6.45) is -3.63. The Bertz CT molecular complexity index is 269. The molecule has 0 saturated heterocycles. The maximum Gasteiger partial charge on any atom is 0.419 e. The van der Waals surface area contributed by atoms with E-state index in [9.17, 15) is 8.78 Å². The van der Waals surface area contributed by atoms with Crippen molar-refractivity contribution in [2.24, 2.45) is 5.73 Å². The van der Waals surface area contributed by atoms with E-state index in [0.29, 0.717) is 0 Å². The molecule has 0 aliphatic heterocycles. The first-order valence-corrected chi connectivity index (χ1v) is 5.21. The minimum Gasteiger partial charge on any atom is -0.780 e. The summed E-state index contributed by atoms with van der Waals surface area (Å²) in [6, 6.07) is 9.62. The van der Waals surface area contributed by atoms with Crippen molar-refractivity contribution in [2.45, 2.75) is 31.1 Å². The fraction of sp³-hybridized carbons (Fsp3) is 0.455. The van der Waals surface area contributed by atoms with Gasteiger partial charge in [0.05, 0.1) is 0 Å². The Morgan fingerprint density at radius 3 is 1.67 bits per heavy atom. The number of halogens is 2. The number of rotatable bonds is 1. The molecule has 0 radical (unpaired) electrons. The van der Waals surface area contributed by atoms with Gasteiger partial charge >= 0.3 is 6.23 Å². The van der Waals surface area contributed by atoms with E-state index in [1.54, 1.807) is 13.8 Å². The molecule has 0 aromatic heterocycles. The minimum atomic E-state index is -3.46. The molecule has 0 fully saturated rings. The predicted octanol–water partition coefficient (Wildman–Crippen LogP) is 2.12.